The van der Waals surface area contributed by atoms with E-state index in [1.807, 2.05) is 21.7 Å². The van der Waals surface area contributed by atoms with Gasteiger partial charge in [-0.2, -0.15) is 0 Å². The van der Waals surface area contributed by atoms with Crippen molar-refractivity contribution in [3.8, 4) is 0 Å². The molecule has 0 aromatic rings. The molecule has 0 heterocycles. The fourth-order valence-electron chi connectivity index (χ4n) is 2.45. The number of carbonyl (C=O) groups is 4. The lowest BCUT2D eigenvalue weighted by Crippen LogP contribution is -2.46. The van der Waals surface area contributed by atoms with Crippen molar-refractivity contribution in [2.45, 2.75) is 0 Å². The second-order valence-corrected chi connectivity index (χ2v) is 6.60. The molecule has 0 aliphatic carbocycles. The minimum Gasteiger partial charge on any atom is -0.369 e. The van der Waals surface area contributed by atoms with Gasteiger partial charge < -0.3 is 22.1 Å². The number of primary amides is 2. The Morgan fingerprint density at radius 3 is 1.75 bits per heavy atom. The Bertz CT molecular complexity index is 480. The van der Waals surface area contributed by atoms with Gasteiger partial charge in [0.15, 0.2) is 0 Å². The largest absolute Gasteiger partial charge is 0.369 e. The van der Waals surface area contributed by atoms with Gasteiger partial charge in [0.05, 0.1) is 26.4 Å². The van der Waals surface area contributed by atoms with Crippen molar-refractivity contribution in [2.75, 3.05) is 79.8 Å². The highest BCUT2D eigenvalue weighted by Gasteiger charge is 2.13. The van der Waals surface area contributed by atoms with Crippen LogP contribution < -0.4 is 22.1 Å². The molecule has 0 aromatic heterocycles. The van der Waals surface area contributed by atoms with E-state index in [0.29, 0.717) is 65.4 Å². The van der Waals surface area contributed by atoms with Crippen molar-refractivity contribution in [1.82, 2.24) is 30.2 Å². The van der Waals surface area contributed by atoms with Crippen LogP contribution in [-0.4, -0.2) is 124 Å². The number of amides is 4. The van der Waals surface area contributed by atoms with E-state index in [4.69, 9.17) is 11.5 Å². The summed E-state index contributed by atoms with van der Waals surface area (Å²) in [5.74, 6) is -0.849. The number of nitrogens with one attached hydrogen (secondary N) is 2. The molecule has 0 aliphatic rings. The second-order valence-electron chi connectivity index (χ2n) is 6.60. The molecule has 12 nitrogen and oxygen atoms in total. The van der Waals surface area contributed by atoms with Gasteiger partial charge in [-0.15, -0.1) is 0 Å². The normalized spacial score (nSPS) is 11.2. The summed E-state index contributed by atoms with van der Waals surface area (Å²) < 4.78 is 0. The smallest absolute Gasteiger partial charge is 0.231 e. The molecule has 162 valence electrons. The van der Waals surface area contributed by atoms with Crippen LogP contribution >= 0.6 is 0 Å². The molecule has 0 fully saturated rings. The molecule has 0 saturated heterocycles. The van der Waals surface area contributed by atoms with Crippen molar-refractivity contribution in [2.24, 2.45) is 11.5 Å². The number of carbonyl (C=O) groups excluding carboxylic acids is 4. The monoisotopic (exact) mass is 402 g/mol. The van der Waals surface area contributed by atoms with Gasteiger partial charge in [0.1, 0.15) is 0 Å². The molecular weight excluding hydrogens is 368 g/mol. The van der Waals surface area contributed by atoms with Crippen molar-refractivity contribution >= 4 is 24.6 Å². The molecule has 0 unspecified atom stereocenters. The van der Waals surface area contributed by atoms with Crippen LogP contribution in [0.2, 0.25) is 0 Å². The molecule has 0 spiro atoms. The summed E-state index contributed by atoms with van der Waals surface area (Å²) in [7, 11) is 3.65. The minimum atomic E-state index is -0.435. The molecule has 4 amide bonds. The van der Waals surface area contributed by atoms with E-state index in [-0.39, 0.29) is 13.1 Å². The molecule has 0 rings (SSSR count). The quantitative estimate of drug-likeness (QED) is 0.125. The van der Waals surface area contributed by atoms with Gasteiger partial charge in [0.25, 0.3) is 0 Å². The summed E-state index contributed by atoms with van der Waals surface area (Å²) in [5.41, 5.74) is 10.5. The van der Waals surface area contributed by atoms with Gasteiger partial charge in [0, 0.05) is 39.3 Å². The summed E-state index contributed by atoms with van der Waals surface area (Å²) in [5, 5.41) is 5.22. The number of nitrogens with two attached hydrogens (primary N) is 2. The number of hydrogen-bond donors (Lipinski definition) is 4. The topological polar surface area (TPSA) is 157 Å². The van der Waals surface area contributed by atoms with Crippen molar-refractivity contribution < 1.29 is 19.2 Å². The lowest BCUT2D eigenvalue weighted by molar-refractivity contribution is -0.120. The first-order valence-electron chi connectivity index (χ1n) is 9.01. The van der Waals surface area contributed by atoms with Crippen LogP contribution in [0.4, 0.5) is 0 Å². The van der Waals surface area contributed by atoms with Gasteiger partial charge in [0.2, 0.25) is 24.6 Å². The van der Waals surface area contributed by atoms with Crippen LogP contribution in [0.1, 0.15) is 0 Å². The predicted molar refractivity (Wildman–Crippen MR) is 105 cm³/mol. The maximum absolute atomic E-state index is 11.3. The fourth-order valence-corrected chi connectivity index (χ4v) is 2.45. The standard InChI is InChI=1S/C16H34N8O4/c1-21(9-15(17)27)3-5-23(10-16(18)28)7-8-24(12-20-14-26)6-4-22(2)11-19-13-25/h13-14H,3-12H2,1-2H3,(H2,17,27)(H2,18,28)(H,19,25)(H,20,26). The summed E-state index contributed by atoms with van der Waals surface area (Å²) in [4.78, 5) is 50.9. The summed E-state index contributed by atoms with van der Waals surface area (Å²) in [6.45, 7) is 4.63. The average molecular weight is 403 g/mol. The Labute approximate surface area is 166 Å². The molecule has 0 aromatic carbocycles. The van der Waals surface area contributed by atoms with Crippen molar-refractivity contribution in [3.05, 3.63) is 0 Å². The summed E-state index contributed by atoms with van der Waals surface area (Å²) >= 11 is 0. The maximum atomic E-state index is 11.3. The van der Waals surface area contributed by atoms with Gasteiger partial charge in [-0.1, -0.05) is 0 Å². The van der Waals surface area contributed by atoms with Crippen LogP contribution in [-0.2, 0) is 19.2 Å². The second kappa shape index (κ2) is 15.7. The lowest BCUT2D eigenvalue weighted by Gasteiger charge is -2.29. The van der Waals surface area contributed by atoms with Crippen molar-refractivity contribution in [1.29, 1.82) is 0 Å². The van der Waals surface area contributed by atoms with E-state index in [1.165, 1.54) is 0 Å². The van der Waals surface area contributed by atoms with Crippen LogP contribution in [0.15, 0.2) is 0 Å². The number of hydrogen-bond acceptors (Lipinski definition) is 8. The SMILES string of the molecule is CN(CCN(CCN(CCN(C)CC(N)=O)CC(N)=O)CNC=O)CNC=O. The first kappa shape index (κ1) is 25.7. The zero-order valence-electron chi connectivity index (χ0n) is 16.8. The maximum Gasteiger partial charge on any atom is 0.231 e. The predicted octanol–water partition coefficient (Wildman–Crippen LogP) is -4.17. The number of nitrogens with zero attached hydrogens (tertiary/aromatic N) is 4. The Hall–Kier alpha value is -2.28. The average Bonchev–Trinajstić information content (AvgIpc) is 2.62. The molecule has 0 saturated carbocycles. The molecule has 0 radical (unpaired) electrons. The first-order valence-corrected chi connectivity index (χ1v) is 9.01. The highest BCUT2D eigenvalue weighted by molar-refractivity contribution is 5.76. The number of likely N-dealkylation sites (N-methyl/N-ethyl adjacent to an activating group) is 2. The van der Waals surface area contributed by atoms with Gasteiger partial charge in [-0.25, -0.2) is 0 Å². The molecule has 12 heteroatoms. The van der Waals surface area contributed by atoms with E-state index >= 15 is 0 Å². The lowest BCUT2D eigenvalue weighted by atomic mass is 10.3. The van der Waals surface area contributed by atoms with E-state index < -0.39 is 11.8 Å². The zero-order chi connectivity index (χ0) is 21.4. The third-order valence-electron chi connectivity index (χ3n) is 3.98. The highest BCUT2D eigenvalue weighted by atomic mass is 16.2. The number of rotatable bonds is 19. The summed E-state index contributed by atoms with van der Waals surface area (Å²) in [6, 6.07) is 0. The van der Waals surface area contributed by atoms with E-state index in [2.05, 4.69) is 10.6 Å². The Morgan fingerprint density at radius 1 is 0.714 bits per heavy atom. The van der Waals surface area contributed by atoms with E-state index in [9.17, 15) is 19.2 Å². The molecule has 28 heavy (non-hydrogen) atoms. The van der Waals surface area contributed by atoms with Crippen LogP contribution in [0, 0.1) is 0 Å². The Kier molecular flexibility index (Phi) is 14.5. The third-order valence-corrected chi connectivity index (χ3v) is 3.98. The van der Waals surface area contributed by atoms with Crippen LogP contribution in [0.25, 0.3) is 0 Å². The van der Waals surface area contributed by atoms with E-state index in [1.54, 1.807) is 11.9 Å². The summed E-state index contributed by atoms with van der Waals surface area (Å²) in [6.07, 6.45) is 1.27. The molecule has 0 aliphatic heterocycles. The first-order chi connectivity index (χ1) is 13.3. The molecule has 0 bridgehead atoms. The van der Waals surface area contributed by atoms with Gasteiger partial charge >= 0.3 is 0 Å². The minimum absolute atomic E-state index is 0.0997. The highest BCUT2D eigenvalue weighted by Crippen LogP contribution is 1.95. The van der Waals surface area contributed by atoms with Gasteiger partial charge in [-0.3, -0.25) is 38.8 Å². The van der Waals surface area contributed by atoms with Gasteiger partial charge in [-0.05, 0) is 14.1 Å². The third kappa shape index (κ3) is 14.8. The Morgan fingerprint density at radius 2 is 1.18 bits per heavy atom. The zero-order valence-corrected chi connectivity index (χ0v) is 16.8. The molecule has 0 atom stereocenters. The fraction of sp³-hybridized carbons (Fsp3) is 0.750. The Balaban J connectivity index is 4.57. The molecule has 6 N–H and O–H groups in total. The van der Waals surface area contributed by atoms with Crippen molar-refractivity contribution in [3.63, 3.8) is 0 Å². The van der Waals surface area contributed by atoms with Crippen LogP contribution in [0.5, 0.6) is 0 Å². The molecular formula is C16H34N8O4. The van der Waals surface area contributed by atoms with Crippen LogP contribution in [0.3, 0.4) is 0 Å². The van der Waals surface area contributed by atoms with E-state index in [0.717, 1.165) is 0 Å².